The lowest BCUT2D eigenvalue weighted by molar-refractivity contribution is -0.659. The van der Waals surface area contributed by atoms with E-state index < -0.39 is 0 Å². The molecule has 0 aliphatic rings. The van der Waals surface area contributed by atoms with E-state index in [4.69, 9.17) is 8.83 Å². The van der Waals surface area contributed by atoms with Crippen LogP contribution in [0, 0.1) is 20.8 Å². The van der Waals surface area contributed by atoms with Crippen molar-refractivity contribution < 1.29 is 13.4 Å². The van der Waals surface area contributed by atoms with Crippen LogP contribution in [-0.2, 0) is 7.05 Å². The summed E-state index contributed by atoms with van der Waals surface area (Å²) in [5.74, 6) is 0. The van der Waals surface area contributed by atoms with Crippen molar-refractivity contribution in [2.45, 2.75) is 20.8 Å². The van der Waals surface area contributed by atoms with Crippen LogP contribution in [0.4, 0.5) is 0 Å². The van der Waals surface area contributed by atoms with Crippen molar-refractivity contribution in [1.82, 2.24) is 0 Å². The highest BCUT2D eigenvalue weighted by atomic mass is 16.3. The SMILES string of the molecule is Cc1cc2c(oc3ccccc32)c(-c2c3ccc4c5cccc(C)c5oc4c3cc[n+]2C)c1C. The molecule has 0 amide bonds. The van der Waals surface area contributed by atoms with E-state index in [9.17, 15) is 0 Å². The van der Waals surface area contributed by atoms with Gasteiger partial charge in [-0.3, -0.25) is 0 Å². The largest absolute Gasteiger partial charge is 0.455 e. The maximum atomic E-state index is 6.49. The fourth-order valence-electron chi connectivity index (χ4n) is 5.53. The third-order valence-corrected chi connectivity index (χ3v) is 7.40. The van der Waals surface area contributed by atoms with Gasteiger partial charge < -0.3 is 8.83 Å². The highest BCUT2D eigenvalue weighted by Crippen LogP contribution is 2.42. The van der Waals surface area contributed by atoms with Crippen LogP contribution >= 0.6 is 0 Å². The predicted octanol–water partition coefficient (Wildman–Crippen LogP) is 8.06. The molecule has 0 radical (unpaired) electrons. The molecule has 3 heteroatoms. The number of para-hydroxylation sites is 2. The van der Waals surface area contributed by atoms with E-state index in [1.807, 2.05) is 12.1 Å². The summed E-state index contributed by atoms with van der Waals surface area (Å²) >= 11 is 0. The number of hydrogen-bond acceptors (Lipinski definition) is 2. The molecular weight excluding hydrogens is 418 g/mol. The van der Waals surface area contributed by atoms with Gasteiger partial charge in [0.2, 0.25) is 5.69 Å². The van der Waals surface area contributed by atoms with Gasteiger partial charge in [0.15, 0.2) is 6.20 Å². The summed E-state index contributed by atoms with van der Waals surface area (Å²) in [6.07, 6.45) is 2.13. The summed E-state index contributed by atoms with van der Waals surface area (Å²) in [6, 6.07) is 23.5. The molecule has 0 fully saturated rings. The molecule has 0 atom stereocenters. The van der Waals surface area contributed by atoms with E-state index in [1.54, 1.807) is 0 Å². The molecule has 164 valence electrons. The number of fused-ring (bicyclic) bond motifs is 8. The highest BCUT2D eigenvalue weighted by Gasteiger charge is 2.26. The lowest BCUT2D eigenvalue weighted by atomic mass is 9.93. The molecule has 7 aromatic rings. The van der Waals surface area contributed by atoms with Crippen molar-refractivity contribution in [2.75, 3.05) is 0 Å². The summed E-state index contributed by atoms with van der Waals surface area (Å²) < 4.78 is 15.2. The molecule has 0 bridgehead atoms. The first kappa shape index (κ1) is 19.4. The van der Waals surface area contributed by atoms with Crippen molar-refractivity contribution >= 4 is 54.6 Å². The zero-order valence-corrected chi connectivity index (χ0v) is 19.7. The molecule has 3 nitrogen and oxygen atoms in total. The Balaban J connectivity index is 1.66. The van der Waals surface area contributed by atoms with Crippen LogP contribution in [0.5, 0.6) is 0 Å². The molecule has 3 heterocycles. The standard InChI is InChI=1S/C31H24NO2/c1-17-8-7-10-22-23-13-12-21-24(30(23)34-29(17)22)14-15-32(4)28(21)27-19(3)18(2)16-25-20-9-5-6-11-26(20)33-31(25)27/h5-16H,1-4H3/q+1. The maximum absolute atomic E-state index is 6.49. The molecule has 0 spiro atoms. The Morgan fingerprint density at radius 2 is 1.32 bits per heavy atom. The Kier molecular flexibility index (Phi) is 3.82. The summed E-state index contributed by atoms with van der Waals surface area (Å²) in [7, 11) is 2.11. The second kappa shape index (κ2) is 6.71. The molecule has 0 aliphatic heterocycles. The monoisotopic (exact) mass is 442 g/mol. The molecule has 0 unspecified atom stereocenters. The van der Waals surface area contributed by atoms with E-state index >= 15 is 0 Å². The lowest BCUT2D eigenvalue weighted by Gasteiger charge is -2.11. The Bertz CT molecular complexity index is 1950. The number of benzene rings is 4. The zero-order chi connectivity index (χ0) is 23.1. The van der Waals surface area contributed by atoms with Crippen molar-refractivity contribution in [3.05, 3.63) is 89.6 Å². The van der Waals surface area contributed by atoms with E-state index in [0.29, 0.717) is 0 Å². The van der Waals surface area contributed by atoms with Gasteiger partial charge in [-0.1, -0.05) is 36.4 Å². The minimum atomic E-state index is 0.918. The second-order valence-electron chi connectivity index (χ2n) is 9.40. The van der Waals surface area contributed by atoms with Gasteiger partial charge in [0.1, 0.15) is 29.4 Å². The minimum absolute atomic E-state index is 0.918. The first-order chi connectivity index (χ1) is 16.5. The zero-order valence-electron chi connectivity index (χ0n) is 19.7. The van der Waals surface area contributed by atoms with Crippen molar-refractivity contribution in [3.63, 3.8) is 0 Å². The Morgan fingerprint density at radius 1 is 0.588 bits per heavy atom. The molecule has 7 rings (SSSR count). The summed E-state index contributed by atoms with van der Waals surface area (Å²) in [6.45, 7) is 6.48. The van der Waals surface area contributed by atoms with Gasteiger partial charge in [-0.2, -0.15) is 0 Å². The number of aryl methyl sites for hydroxylation is 3. The van der Waals surface area contributed by atoms with Crippen LogP contribution in [0.2, 0.25) is 0 Å². The summed E-state index contributed by atoms with van der Waals surface area (Å²) in [5, 5.41) is 6.90. The first-order valence-electron chi connectivity index (χ1n) is 11.7. The van der Waals surface area contributed by atoms with Crippen LogP contribution in [0.3, 0.4) is 0 Å². The fraction of sp³-hybridized carbons (Fsp3) is 0.129. The normalized spacial score (nSPS) is 12.1. The van der Waals surface area contributed by atoms with Crippen LogP contribution < -0.4 is 4.57 Å². The van der Waals surface area contributed by atoms with Crippen molar-refractivity contribution in [2.24, 2.45) is 7.05 Å². The second-order valence-corrected chi connectivity index (χ2v) is 9.40. The van der Waals surface area contributed by atoms with Gasteiger partial charge in [-0.05, 0) is 61.7 Å². The number of hydrogen-bond donors (Lipinski definition) is 0. The molecule has 34 heavy (non-hydrogen) atoms. The van der Waals surface area contributed by atoms with Crippen molar-refractivity contribution in [1.29, 1.82) is 0 Å². The third-order valence-electron chi connectivity index (χ3n) is 7.40. The molecular formula is C31H24NO2+. The number of furan rings is 2. The number of aromatic nitrogens is 1. The topological polar surface area (TPSA) is 30.2 Å². The van der Waals surface area contributed by atoms with E-state index in [2.05, 4.69) is 93.2 Å². The van der Waals surface area contributed by atoms with Gasteiger partial charge >= 0.3 is 0 Å². The average molecular weight is 443 g/mol. The van der Waals surface area contributed by atoms with Crippen LogP contribution in [0.1, 0.15) is 16.7 Å². The Morgan fingerprint density at radius 3 is 2.21 bits per heavy atom. The molecule has 4 aromatic carbocycles. The van der Waals surface area contributed by atoms with Crippen LogP contribution in [-0.4, -0.2) is 0 Å². The molecule has 0 saturated carbocycles. The van der Waals surface area contributed by atoms with Crippen LogP contribution in [0.15, 0.2) is 81.8 Å². The smallest absolute Gasteiger partial charge is 0.224 e. The van der Waals surface area contributed by atoms with Gasteiger partial charge in [0.25, 0.3) is 0 Å². The minimum Gasteiger partial charge on any atom is -0.455 e. The molecule has 3 aromatic heterocycles. The first-order valence-corrected chi connectivity index (χ1v) is 11.7. The molecule has 0 saturated heterocycles. The molecule has 0 aliphatic carbocycles. The van der Waals surface area contributed by atoms with Crippen molar-refractivity contribution in [3.8, 4) is 11.3 Å². The van der Waals surface area contributed by atoms with Gasteiger partial charge in [0, 0.05) is 33.0 Å². The quantitative estimate of drug-likeness (QED) is 0.241. The number of pyridine rings is 1. The van der Waals surface area contributed by atoms with Crippen LogP contribution in [0.25, 0.3) is 65.9 Å². The van der Waals surface area contributed by atoms with Gasteiger partial charge in [0.05, 0.1) is 10.9 Å². The number of rotatable bonds is 1. The highest BCUT2D eigenvalue weighted by molar-refractivity contribution is 6.18. The Labute approximate surface area is 196 Å². The van der Waals surface area contributed by atoms with Gasteiger partial charge in [-0.15, -0.1) is 0 Å². The van der Waals surface area contributed by atoms with Gasteiger partial charge in [-0.25, -0.2) is 4.57 Å². The average Bonchev–Trinajstić information content (AvgIpc) is 3.40. The van der Waals surface area contributed by atoms with E-state index in [0.717, 1.165) is 71.5 Å². The number of nitrogens with zero attached hydrogens (tertiary/aromatic N) is 1. The fourth-order valence-corrected chi connectivity index (χ4v) is 5.53. The Hall–Kier alpha value is -4.11. The van der Waals surface area contributed by atoms with E-state index in [1.165, 1.54) is 11.1 Å². The lowest BCUT2D eigenvalue weighted by Crippen LogP contribution is -2.30. The summed E-state index contributed by atoms with van der Waals surface area (Å²) in [5.41, 5.74) is 9.69. The predicted molar refractivity (Wildman–Crippen MR) is 139 cm³/mol. The van der Waals surface area contributed by atoms with E-state index in [-0.39, 0.29) is 0 Å². The summed E-state index contributed by atoms with van der Waals surface area (Å²) in [4.78, 5) is 0. The maximum Gasteiger partial charge on any atom is 0.224 e. The molecule has 0 N–H and O–H groups in total. The third kappa shape index (κ3) is 2.44.